The van der Waals surface area contributed by atoms with E-state index in [0.717, 1.165) is 35.1 Å². The summed E-state index contributed by atoms with van der Waals surface area (Å²) in [6, 6.07) is 0. The summed E-state index contributed by atoms with van der Waals surface area (Å²) >= 11 is 1.39. The molecule has 2 aromatic heterocycles. The SMILES string of the molecule is CCCn1c(Sc2nc(CC)nc(NC)c2C)n[nH]c1=O. The van der Waals surface area contributed by atoms with E-state index in [2.05, 4.69) is 25.5 Å². The molecule has 0 radical (unpaired) electrons. The van der Waals surface area contributed by atoms with Gasteiger partial charge in [0.2, 0.25) is 0 Å². The van der Waals surface area contributed by atoms with E-state index in [0.29, 0.717) is 11.7 Å². The molecule has 0 aromatic carbocycles. The normalized spacial score (nSPS) is 10.9. The average molecular weight is 308 g/mol. The van der Waals surface area contributed by atoms with E-state index in [9.17, 15) is 4.79 Å². The molecule has 114 valence electrons. The monoisotopic (exact) mass is 308 g/mol. The Hall–Kier alpha value is -1.83. The first-order valence-electron chi connectivity index (χ1n) is 6.99. The number of rotatable bonds is 6. The van der Waals surface area contributed by atoms with Gasteiger partial charge in [-0.3, -0.25) is 4.57 Å². The quantitative estimate of drug-likeness (QED) is 0.792. The number of aromatic amines is 1. The van der Waals surface area contributed by atoms with Gasteiger partial charge in [0.1, 0.15) is 16.7 Å². The minimum atomic E-state index is -0.185. The molecule has 0 bridgehead atoms. The van der Waals surface area contributed by atoms with Gasteiger partial charge in [0, 0.05) is 25.6 Å². The van der Waals surface area contributed by atoms with Gasteiger partial charge in [-0.1, -0.05) is 13.8 Å². The average Bonchev–Trinajstić information content (AvgIpc) is 2.82. The number of aromatic nitrogens is 5. The molecule has 0 amide bonds. The summed E-state index contributed by atoms with van der Waals surface area (Å²) in [5.41, 5.74) is 0.772. The molecule has 0 saturated heterocycles. The Labute approximate surface area is 127 Å². The number of H-pyrrole nitrogens is 1. The van der Waals surface area contributed by atoms with Gasteiger partial charge in [0.15, 0.2) is 5.16 Å². The lowest BCUT2D eigenvalue weighted by Crippen LogP contribution is -2.17. The smallest absolute Gasteiger partial charge is 0.343 e. The van der Waals surface area contributed by atoms with E-state index in [1.54, 1.807) is 4.57 Å². The summed E-state index contributed by atoms with van der Waals surface area (Å²) < 4.78 is 1.64. The number of aryl methyl sites for hydroxylation is 1. The number of hydrogen-bond donors (Lipinski definition) is 2. The van der Waals surface area contributed by atoms with Crippen LogP contribution in [-0.2, 0) is 13.0 Å². The van der Waals surface area contributed by atoms with Crippen molar-refractivity contribution in [1.29, 1.82) is 0 Å². The van der Waals surface area contributed by atoms with Crippen molar-refractivity contribution in [2.24, 2.45) is 0 Å². The van der Waals surface area contributed by atoms with Crippen molar-refractivity contribution >= 4 is 17.6 Å². The van der Waals surface area contributed by atoms with Crippen molar-refractivity contribution in [2.45, 2.75) is 50.3 Å². The van der Waals surface area contributed by atoms with Gasteiger partial charge in [0.05, 0.1) is 0 Å². The summed E-state index contributed by atoms with van der Waals surface area (Å²) in [5, 5.41) is 11.1. The van der Waals surface area contributed by atoms with Gasteiger partial charge >= 0.3 is 5.69 Å². The highest BCUT2D eigenvalue weighted by molar-refractivity contribution is 7.99. The van der Waals surface area contributed by atoms with Crippen molar-refractivity contribution in [3.63, 3.8) is 0 Å². The fourth-order valence-corrected chi connectivity index (χ4v) is 2.88. The van der Waals surface area contributed by atoms with Crippen molar-refractivity contribution in [3.8, 4) is 0 Å². The van der Waals surface area contributed by atoms with Gasteiger partial charge in [-0.25, -0.2) is 19.9 Å². The molecule has 8 heteroatoms. The van der Waals surface area contributed by atoms with Crippen LogP contribution in [0, 0.1) is 6.92 Å². The zero-order valence-corrected chi connectivity index (χ0v) is 13.5. The second-order valence-corrected chi connectivity index (χ2v) is 5.54. The van der Waals surface area contributed by atoms with Crippen LogP contribution in [0.4, 0.5) is 5.82 Å². The lowest BCUT2D eigenvalue weighted by Gasteiger charge is -2.11. The number of hydrogen-bond acceptors (Lipinski definition) is 6. The van der Waals surface area contributed by atoms with E-state index in [1.807, 2.05) is 27.8 Å². The number of nitrogens with zero attached hydrogens (tertiary/aromatic N) is 4. The highest BCUT2D eigenvalue weighted by Crippen LogP contribution is 2.29. The zero-order chi connectivity index (χ0) is 15.4. The van der Waals surface area contributed by atoms with Gasteiger partial charge in [0.25, 0.3) is 0 Å². The van der Waals surface area contributed by atoms with Crippen LogP contribution >= 0.6 is 11.8 Å². The minimum absolute atomic E-state index is 0.185. The third-order valence-corrected chi connectivity index (χ3v) is 4.14. The third kappa shape index (κ3) is 3.26. The maximum Gasteiger partial charge on any atom is 0.343 e. The molecular weight excluding hydrogens is 288 g/mol. The Morgan fingerprint density at radius 3 is 2.71 bits per heavy atom. The zero-order valence-electron chi connectivity index (χ0n) is 12.7. The van der Waals surface area contributed by atoms with Gasteiger partial charge in [-0.15, -0.1) is 5.10 Å². The number of anilines is 1. The summed E-state index contributed by atoms with van der Waals surface area (Å²) in [6.07, 6.45) is 1.63. The van der Waals surface area contributed by atoms with Crippen LogP contribution < -0.4 is 11.0 Å². The van der Waals surface area contributed by atoms with Crippen molar-refractivity contribution < 1.29 is 0 Å². The molecule has 2 aromatic rings. The largest absolute Gasteiger partial charge is 0.373 e. The van der Waals surface area contributed by atoms with Gasteiger partial charge < -0.3 is 5.32 Å². The standard InChI is InChI=1S/C13H20N6OS/c1-5-7-19-12(20)17-18-13(19)21-11-8(3)10(14-4)15-9(6-2)16-11/h5-7H2,1-4H3,(H,17,20)(H,14,15,16). The molecule has 0 spiro atoms. The van der Waals surface area contributed by atoms with Crippen LogP contribution in [0.5, 0.6) is 0 Å². The third-order valence-electron chi connectivity index (χ3n) is 3.06. The van der Waals surface area contributed by atoms with Crippen LogP contribution in [0.25, 0.3) is 0 Å². The maximum absolute atomic E-state index is 11.7. The molecule has 0 saturated carbocycles. The van der Waals surface area contributed by atoms with Crippen molar-refractivity contribution in [3.05, 3.63) is 21.9 Å². The van der Waals surface area contributed by atoms with Crippen molar-refractivity contribution in [2.75, 3.05) is 12.4 Å². The van der Waals surface area contributed by atoms with Crippen molar-refractivity contribution in [1.82, 2.24) is 24.7 Å². The summed E-state index contributed by atoms with van der Waals surface area (Å²) in [7, 11) is 1.84. The summed E-state index contributed by atoms with van der Waals surface area (Å²) in [4.78, 5) is 20.7. The van der Waals surface area contributed by atoms with E-state index in [-0.39, 0.29) is 5.69 Å². The van der Waals surface area contributed by atoms with E-state index in [4.69, 9.17) is 0 Å². The van der Waals surface area contributed by atoms with E-state index >= 15 is 0 Å². The highest BCUT2D eigenvalue weighted by atomic mass is 32.2. The van der Waals surface area contributed by atoms with Gasteiger partial charge in [-0.2, -0.15) is 0 Å². The minimum Gasteiger partial charge on any atom is -0.373 e. The molecule has 0 aliphatic heterocycles. The Morgan fingerprint density at radius 1 is 1.33 bits per heavy atom. The Balaban J connectivity index is 2.41. The van der Waals surface area contributed by atoms with Gasteiger partial charge in [-0.05, 0) is 25.1 Å². The summed E-state index contributed by atoms with van der Waals surface area (Å²) in [6.45, 7) is 6.64. The molecule has 2 N–H and O–H groups in total. The molecule has 0 fully saturated rings. The molecule has 0 unspecified atom stereocenters. The first-order valence-corrected chi connectivity index (χ1v) is 7.80. The molecule has 2 rings (SSSR count). The lowest BCUT2D eigenvalue weighted by molar-refractivity contribution is 0.603. The second kappa shape index (κ2) is 6.75. The fourth-order valence-electron chi connectivity index (χ4n) is 1.93. The molecule has 0 aliphatic rings. The Kier molecular flexibility index (Phi) is 5.00. The molecule has 7 nitrogen and oxygen atoms in total. The second-order valence-electron chi connectivity index (χ2n) is 4.59. The first-order chi connectivity index (χ1) is 10.1. The van der Waals surface area contributed by atoms with Crippen LogP contribution in [0.15, 0.2) is 15.0 Å². The molecule has 0 atom stereocenters. The fraction of sp³-hybridized carbons (Fsp3) is 0.538. The number of nitrogens with one attached hydrogen (secondary N) is 2. The van der Waals surface area contributed by atoms with Crippen LogP contribution in [0.3, 0.4) is 0 Å². The molecular formula is C13H20N6OS. The predicted molar refractivity (Wildman–Crippen MR) is 83.0 cm³/mol. The first kappa shape index (κ1) is 15.6. The van der Waals surface area contributed by atoms with Crippen LogP contribution in [0.2, 0.25) is 0 Å². The van der Waals surface area contributed by atoms with Crippen LogP contribution in [0.1, 0.15) is 31.7 Å². The van der Waals surface area contributed by atoms with Crippen LogP contribution in [-0.4, -0.2) is 31.8 Å². The Morgan fingerprint density at radius 2 is 2.10 bits per heavy atom. The Bertz CT molecular complexity index is 678. The molecule has 0 aliphatic carbocycles. The molecule has 21 heavy (non-hydrogen) atoms. The molecule has 2 heterocycles. The topological polar surface area (TPSA) is 88.5 Å². The summed E-state index contributed by atoms with van der Waals surface area (Å²) in [5.74, 6) is 1.58. The highest BCUT2D eigenvalue weighted by Gasteiger charge is 2.15. The maximum atomic E-state index is 11.7. The van der Waals surface area contributed by atoms with E-state index in [1.165, 1.54) is 11.8 Å². The lowest BCUT2D eigenvalue weighted by atomic mass is 10.3. The van der Waals surface area contributed by atoms with E-state index < -0.39 is 0 Å². The predicted octanol–water partition coefficient (Wildman–Crippen LogP) is 1.84.